The molecule has 1 atom stereocenters. The van der Waals surface area contributed by atoms with Gasteiger partial charge in [-0.05, 0) is 48.1 Å². The molecule has 188 valence electrons. The number of anilines is 1. The van der Waals surface area contributed by atoms with Gasteiger partial charge in [-0.1, -0.05) is 26.0 Å². The second-order valence-corrected chi connectivity index (χ2v) is 10.9. The molecular formula is C28H22N6O4. The molecule has 10 heteroatoms. The highest BCUT2D eigenvalue weighted by molar-refractivity contribution is 6.12. The normalized spacial score (nSPS) is 20.7. The number of nitrogens with one attached hydrogen (secondary N) is 2. The average molecular weight is 507 g/mol. The van der Waals surface area contributed by atoms with Crippen molar-refractivity contribution >= 4 is 23.0 Å². The van der Waals surface area contributed by atoms with Gasteiger partial charge in [-0.3, -0.25) is 14.8 Å². The van der Waals surface area contributed by atoms with Crippen LogP contribution in [0, 0.1) is 5.41 Å². The molecule has 1 aliphatic carbocycles. The lowest BCUT2D eigenvalue weighted by Crippen LogP contribution is -2.45. The molecule has 5 aliphatic rings. The van der Waals surface area contributed by atoms with E-state index in [4.69, 9.17) is 24.4 Å². The maximum absolute atomic E-state index is 13.4. The second kappa shape index (κ2) is 7.18. The lowest BCUT2D eigenvalue weighted by Gasteiger charge is -2.38. The van der Waals surface area contributed by atoms with Gasteiger partial charge >= 0.3 is 5.69 Å². The van der Waals surface area contributed by atoms with E-state index < -0.39 is 17.2 Å². The average Bonchev–Trinajstić information content (AvgIpc) is 3.34. The van der Waals surface area contributed by atoms with Gasteiger partial charge < -0.3 is 14.4 Å². The third-order valence-electron chi connectivity index (χ3n) is 7.66. The topological polar surface area (TPSA) is 125 Å². The van der Waals surface area contributed by atoms with E-state index in [-0.39, 0.29) is 18.0 Å². The van der Waals surface area contributed by atoms with Crippen molar-refractivity contribution in [1.29, 1.82) is 0 Å². The summed E-state index contributed by atoms with van der Waals surface area (Å²) < 4.78 is 11.2. The Balaban J connectivity index is 1.53. The number of hydrogen-bond donors (Lipinski definition) is 2. The Morgan fingerprint density at radius 3 is 2.79 bits per heavy atom. The van der Waals surface area contributed by atoms with Gasteiger partial charge in [0.05, 0.1) is 22.6 Å². The summed E-state index contributed by atoms with van der Waals surface area (Å²) in [7, 11) is 0. The molecule has 38 heavy (non-hydrogen) atoms. The van der Waals surface area contributed by atoms with Gasteiger partial charge in [-0.15, -0.1) is 0 Å². The molecule has 0 bridgehead atoms. The largest absolute Gasteiger partial charge is 0.454 e. The number of aromatic nitrogens is 3. The number of rotatable bonds is 1. The number of fused-ring (bicyclic) bond motifs is 6. The van der Waals surface area contributed by atoms with E-state index in [1.54, 1.807) is 0 Å². The summed E-state index contributed by atoms with van der Waals surface area (Å²) >= 11 is 0. The molecule has 1 unspecified atom stereocenters. The predicted octanol–water partition coefficient (Wildman–Crippen LogP) is 2.01. The lowest BCUT2D eigenvalue weighted by atomic mass is 9.76. The van der Waals surface area contributed by atoms with Gasteiger partial charge in [0, 0.05) is 22.9 Å². The molecule has 0 radical (unpaired) electrons. The molecule has 0 saturated heterocycles. The number of aromatic amines is 2. The molecule has 8 rings (SSSR count). The van der Waals surface area contributed by atoms with Crippen LogP contribution >= 0.6 is 0 Å². The summed E-state index contributed by atoms with van der Waals surface area (Å²) in [5, 5.41) is 0.997. The van der Waals surface area contributed by atoms with E-state index in [9.17, 15) is 9.59 Å². The molecule has 2 N–H and O–H groups in total. The molecular weight excluding hydrogens is 484 g/mol. The van der Waals surface area contributed by atoms with Gasteiger partial charge in [-0.2, -0.15) is 0 Å². The van der Waals surface area contributed by atoms with E-state index in [2.05, 4.69) is 28.7 Å². The molecule has 0 fully saturated rings. The molecule has 0 saturated carbocycles. The SMILES string of the molecule is CC1(C)CC2=c3c(nc4c(c3N3C=CC=CC3=N2)C(c2ccc3c(c2)OCO3)c2c([nH]c(=O)[nH]c2=O)N=4)C1. The molecule has 4 aliphatic heterocycles. The molecule has 10 nitrogen and oxygen atoms in total. The van der Waals surface area contributed by atoms with Crippen LogP contribution in [0.25, 0.3) is 5.70 Å². The standard InChI is InChI=1S/C28H22N6O4/c1-28(2)10-14-20-15(11-28)30-24-21(23(20)34-8-4-3-5-18(34)29-14)19(13-6-7-16-17(9-13)38-12-37-16)22-25(31-24)32-27(36)33-26(22)35/h3-9,19H,10-12H2,1-2H3,(H2,32,33,35,36). The maximum atomic E-state index is 13.4. The predicted molar refractivity (Wildman–Crippen MR) is 140 cm³/mol. The minimum Gasteiger partial charge on any atom is -0.454 e. The van der Waals surface area contributed by atoms with E-state index in [0.717, 1.165) is 52.1 Å². The summed E-state index contributed by atoms with van der Waals surface area (Å²) in [6.45, 7) is 4.57. The van der Waals surface area contributed by atoms with Crippen LogP contribution in [-0.2, 0) is 6.42 Å². The van der Waals surface area contributed by atoms with Gasteiger partial charge in [0.1, 0.15) is 11.7 Å². The fourth-order valence-corrected chi connectivity index (χ4v) is 6.18. The zero-order chi connectivity index (χ0) is 25.8. The van der Waals surface area contributed by atoms with Crippen molar-refractivity contribution in [3.8, 4) is 11.5 Å². The summed E-state index contributed by atoms with van der Waals surface area (Å²) in [6.07, 6.45) is 9.45. The van der Waals surface area contributed by atoms with Crippen LogP contribution in [0.4, 0.5) is 11.5 Å². The van der Waals surface area contributed by atoms with Gasteiger partial charge in [0.15, 0.2) is 17.0 Å². The minimum absolute atomic E-state index is 0.0317. The fraction of sp³-hybridized carbons (Fsp3) is 0.250. The Morgan fingerprint density at radius 2 is 1.89 bits per heavy atom. The summed E-state index contributed by atoms with van der Waals surface area (Å²) in [5.41, 5.74) is 4.12. The Labute approximate surface area is 215 Å². The second-order valence-electron chi connectivity index (χ2n) is 10.9. The van der Waals surface area contributed by atoms with Gasteiger partial charge in [0.2, 0.25) is 6.79 Å². The highest BCUT2D eigenvalue weighted by Gasteiger charge is 2.39. The van der Waals surface area contributed by atoms with Crippen molar-refractivity contribution in [2.45, 2.75) is 32.6 Å². The Kier molecular flexibility index (Phi) is 4.04. The van der Waals surface area contributed by atoms with Crippen molar-refractivity contribution in [3.63, 3.8) is 0 Å². The first kappa shape index (κ1) is 21.4. The van der Waals surface area contributed by atoms with E-state index in [1.165, 1.54) is 0 Å². The number of aliphatic imine (C=N–C) groups is 1. The fourth-order valence-electron chi connectivity index (χ4n) is 6.18. The van der Waals surface area contributed by atoms with Crippen LogP contribution in [0.1, 0.15) is 48.6 Å². The monoisotopic (exact) mass is 506 g/mol. The molecule has 1 aromatic carbocycles. The lowest BCUT2D eigenvalue weighted by molar-refractivity contribution is 0.174. The number of allylic oxidation sites excluding steroid dienone is 2. The first-order valence-electron chi connectivity index (χ1n) is 12.5. The zero-order valence-corrected chi connectivity index (χ0v) is 20.7. The Morgan fingerprint density at radius 1 is 1.03 bits per heavy atom. The van der Waals surface area contributed by atoms with Crippen LogP contribution in [0.5, 0.6) is 11.5 Å². The first-order chi connectivity index (χ1) is 18.4. The number of H-pyrrole nitrogens is 2. The number of nitrogens with zero attached hydrogens (tertiary/aromatic N) is 4. The van der Waals surface area contributed by atoms with Crippen molar-refractivity contribution in [2.75, 3.05) is 11.7 Å². The highest BCUT2D eigenvalue weighted by Crippen LogP contribution is 2.44. The van der Waals surface area contributed by atoms with Crippen LogP contribution in [-0.4, -0.2) is 27.6 Å². The molecule has 0 spiro atoms. The van der Waals surface area contributed by atoms with Crippen molar-refractivity contribution < 1.29 is 9.47 Å². The van der Waals surface area contributed by atoms with Gasteiger partial charge in [0.25, 0.3) is 5.56 Å². The highest BCUT2D eigenvalue weighted by atomic mass is 16.7. The number of pyridine rings is 1. The Hall–Kier alpha value is -4.73. The summed E-state index contributed by atoms with van der Waals surface area (Å²) in [4.78, 5) is 47.7. The van der Waals surface area contributed by atoms with Crippen LogP contribution in [0.15, 0.2) is 62.2 Å². The van der Waals surface area contributed by atoms with E-state index >= 15 is 0 Å². The number of benzene rings is 1. The molecule has 0 amide bonds. The minimum atomic E-state index is -0.611. The third kappa shape index (κ3) is 2.91. The number of hydrogen-bond acceptors (Lipinski definition) is 8. The number of ether oxygens (including phenoxy) is 2. The smallest absolute Gasteiger partial charge is 0.327 e. The molecule has 2 aromatic heterocycles. The molecule has 6 heterocycles. The first-order valence-corrected chi connectivity index (χ1v) is 12.5. The van der Waals surface area contributed by atoms with Crippen LogP contribution < -0.4 is 36.3 Å². The van der Waals surface area contributed by atoms with Crippen molar-refractivity contribution in [1.82, 2.24) is 15.0 Å². The Bertz CT molecular complexity index is 1950. The summed E-state index contributed by atoms with van der Waals surface area (Å²) in [5.74, 6) is 1.69. The molecule has 3 aromatic rings. The van der Waals surface area contributed by atoms with Crippen LogP contribution in [0.3, 0.4) is 0 Å². The zero-order valence-electron chi connectivity index (χ0n) is 20.7. The summed E-state index contributed by atoms with van der Waals surface area (Å²) in [6, 6.07) is 5.65. The maximum Gasteiger partial charge on any atom is 0.327 e. The number of amidine groups is 1. The van der Waals surface area contributed by atoms with Crippen LogP contribution in [0.2, 0.25) is 0 Å². The van der Waals surface area contributed by atoms with Gasteiger partial charge in [-0.25, -0.2) is 19.8 Å². The third-order valence-corrected chi connectivity index (χ3v) is 7.66. The van der Waals surface area contributed by atoms with E-state index in [1.807, 2.05) is 42.6 Å². The van der Waals surface area contributed by atoms with Crippen molar-refractivity contribution in [3.05, 3.63) is 96.6 Å². The quantitative estimate of drug-likeness (QED) is 0.407. The van der Waals surface area contributed by atoms with E-state index in [0.29, 0.717) is 22.6 Å². The van der Waals surface area contributed by atoms with Crippen molar-refractivity contribution in [2.24, 2.45) is 15.4 Å².